The summed E-state index contributed by atoms with van der Waals surface area (Å²) in [4.78, 5) is 22.0. The number of rotatable bonds is 2. The summed E-state index contributed by atoms with van der Waals surface area (Å²) in [6.07, 6.45) is 7.54. The van der Waals surface area contributed by atoms with E-state index in [4.69, 9.17) is 0 Å². The number of hydrogen-bond donors (Lipinski definition) is 0. The Kier molecular flexibility index (Phi) is 5.55. The Labute approximate surface area is 112 Å². The molecule has 2 atom stereocenters. The van der Waals surface area contributed by atoms with E-state index in [0.717, 1.165) is 38.0 Å². The molecule has 0 bridgehead atoms. The molecule has 0 aromatic heterocycles. The average molecular weight is 252 g/mol. The fraction of sp³-hybridized carbons (Fsp3) is 0.875. The zero-order valence-electron chi connectivity index (χ0n) is 12.4. The predicted octanol–water partition coefficient (Wildman–Crippen LogP) is 4.17. The second-order valence-electron chi connectivity index (χ2n) is 6.62. The second kappa shape index (κ2) is 6.49. The lowest BCUT2D eigenvalue weighted by Gasteiger charge is -2.13. The first-order chi connectivity index (χ1) is 8.36. The van der Waals surface area contributed by atoms with E-state index in [1.54, 1.807) is 0 Å². The maximum atomic E-state index is 11.2. The topological polar surface area (TPSA) is 34.1 Å². The van der Waals surface area contributed by atoms with Crippen LogP contribution in [0.2, 0.25) is 0 Å². The summed E-state index contributed by atoms with van der Waals surface area (Å²) in [5.74, 6) is 1.98. The van der Waals surface area contributed by atoms with Crippen LogP contribution in [0.5, 0.6) is 0 Å². The van der Waals surface area contributed by atoms with Gasteiger partial charge in [0.05, 0.1) is 0 Å². The molecule has 2 rings (SSSR count). The summed E-state index contributed by atoms with van der Waals surface area (Å²) in [6, 6.07) is 0. The Bertz CT molecular complexity index is 304. The first kappa shape index (κ1) is 15.4. The lowest BCUT2D eigenvalue weighted by Crippen LogP contribution is -2.19. The molecule has 2 saturated carbocycles. The van der Waals surface area contributed by atoms with Gasteiger partial charge < -0.3 is 0 Å². The lowest BCUT2D eigenvalue weighted by atomic mass is 9.89. The molecule has 2 heteroatoms. The predicted molar refractivity (Wildman–Crippen MR) is 74.4 cm³/mol. The van der Waals surface area contributed by atoms with Crippen LogP contribution in [0.25, 0.3) is 0 Å². The smallest absolute Gasteiger partial charge is 0.141 e. The molecule has 0 aromatic rings. The van der Waals surface area contributed by atoms with Gasteiger partial charge in [0, 0.05) is 24.2 Å². The van der Waals surface area contributed by atoms with Crippen LogP contribution in [0.3, 0.4) is 0 Å². The maximum absolute atomic E-state index is 11.2. The van der Waals surface area contributed by atoms with Crippen LogP contribution in [0.15, 0.2) is 0 Å². The van der Waals surface area contributed by atoms with Crippen molar-refractivity contribution in [1.82, 2.24) is 0 Å². The van der Waals surface area contributed by atoms with Gasteiger partial charge in [0.1, 0.15) is 11.6 Å². The summed E-state index contributed by atoms with van der Waals surface area (Å²) in [5, 5.41) is 0. The standard InChI is InChI=1S/2C8H14O/c1-6-4-5-8(2,3)7(6)9;1-2-3-7-4-5-8(9)6-7/h6H,4-5H2,1-3H3;7H,2-6H2,1H3. The molecule has 2 unspecified atom stereocenters. The largest absolute Gasteiger partial charge is 0.300 e. The van der Waals surface area contributed by atoms with Gasteiger partial charge in [0.2, 0.25) is 0 Å². The zero-order valence-corrected chi connectivity index (χ0v) is 12.4. The molecule has 0 radical (unpaired) electrons. The number of carbonyl (C=O) groups excluding carboxylic acids is 2. The molecule has 104 valence electrons. The molecule has 2 fully saturated rings. The molecule has 0 saturated heterocycles. The normalized spacial score (nSPS) is 30.2. The number of carbonyl (C=O) groups is 2. The van der Waals surface area contributed by atoms with E-state index in [2.05, 4.69) is 6.92 Å². The Morgan fingerprint density at radius 2 is 1.89 bits per heavy atom. The maximum Gasteiger partial charge on any atom is 0.141 e. The van der Waals surface area contributed by atoms with Gasteiger partial charge in [-0.2, -0.15) is 0 Å². The fourth-order valence-corrected chi connectivity index (χ4v) is 3.04. The van der Waals surface area contributed by atoms with E-state index in [1.807, 2.05) is 20.8 Å². The van der Waals surface area contributed by atoms with Crippen molar-refractivity contribution < 1.29 is 9.59 Å². The third-order valence-corrected chi connectivity index (χ3v) is 4.36. The Balaban J connectivity index is 0.000000180. The Morgan fingerprint density at radius 1 is 1.22 bits per heavy atom. The van der Waals surface area contributed by atoms with Gasteiger partial charge in [-0.25, -0.2) is 0 Å². The molecular formula is C16H28O2. The number of ketones is 2. The van der Waals surface area contributed by atoms with Gasteiger partial charge in [0.25, 0.3) is 0 Å². The third kappa shape index (κ3) is 4.22. The van der Waals surface area contributed by atoms with Gasteiger partial charge >= 0.3 is 0 Å². The van der Waals surface area contributed by atoms with Crippen LogP contribution < -0.4 is 0 Å². The van der Waals surface area contributed by atoms with Crippen LogP contribution in [0.1, 0.15) is 72.6 Å². The molecule has 0 heterocycles. The van der Waals surface area contributed by atoms with E-state index in [9.17, 15) is 9.59 Å². The molecule has 2 aliphatic carbocycles. The van der Waals surface area contributed by atoms with Crippen molar-refractivity contribution >= 4 is 11.6 Å². The van der Waals surface area contributed by atoms with E-state index >= 15 is 0 Å². The molecule has 2 nitrogen and oxygen atoms in total. The lowest BCUT2D eigenvalue weighted by molar-refractivity contribution is -0.127. The highest BCUT2D eigenvalue weighted by Crippen LogP contribution is 2.36. The number of Topliss-reactive ketones (excluding diaryl/α,β-unsaturated/α-hetero) is 2. The second-order valence-corrected chi connectivity index (χ2v) is 6.62. The van der Waals surface area contributed by atoms with Crippen molar-refractivity contribution in [2.24, 2.45) is 17.3 Å². The minimum Gasteiger partial charge on any atom is -0.300 e. The van der Waals surface area contributed by atoms with Crippen molar-refractivity contribution in [3.63, 3.8) is 0 Å². The molecular weight excluding hydrogens is 224 g/mol. The summed E-state index contributed by atoms with van der Waals surface area (Å²) in [5.41, 5.74) is -0.0145. The van der Waals surface area contributed by atoms with Crippen LogP contribution in [0, 0.1) is 17.3 Å². The molecule has 2 aliphatic rings. The third-order valence-electron chi connectivity index (χ3n) is 4.36. The highest BCUT2D eigenvalue weighted by molar-refractivity contribution is 5.87. The highest BCUT2D eigenvalue weighted by atomic mass is 16.1. The van der Waals surface area contributed by atoms with Crippen molar-refractivity contribution in [3.05, 3.63) is 0 Å². The van der Waals surface area contributed by atoms with Gasteiger partial charge in [-0.15, -0.1) is 0 Å². The SMILES string of the molecule is CC1CCC(C)(C)C1=O.CCCC1CCC(=O)C1. The minimum atomic E-state index is -0.0145. The van der Waals surface area contributed by atoms with E-state index in [-0.39, 0.29) is 5.41 Å². The van der Waals surface area contributed by atoms with Gasteiger partial charge in [-0.1, -0.05) is 40.5 Å². The summed E-state index contributed by atoms with van der Waals surface area (Å²) in [6.45, 7) is 8.29. The van der Waals surface area contributed by atoms with Crippen LogP contribution in [-0.2, 0) is 9.59 Å². The summed E-state index contributed by atoms with van der Waals surface area (Å²) in [7, 11) is 0. The summed E-state index contributed by atoms with van der Waals surface area (Å²) < 4.78 is 0. The van der Waals surface area contributed by atoms with E-state index in [0.29, 0.717) is 17.5 Å². The Morgan fingerprint density at radius 3 is 2.17 bits per heavy atom. The molecule has 0 aromatic carbocycles. The Hall–Kier alpha value is -0.660. The van der Waals surface area contributed by atoms with Crippen LogP contribution in [0.4, 0.5) is 0 Å². The molecule has 0 N–H and O–H groups in total. The van der Waals surface area contributed by atoms with Gasteiger partial charge in [-0.3, -0.25) is 9.59 Å². The first-order valence-electron chi connectivity index (χ1n) is 7.43. The molecule has 0 amide bonds. The summed E-state index contributed by atoms with van der Waals surface area (Å²) >= 11 is 0. The van der Waals surface area contributed by atoms with Crippen molar-refractivity contribution in [3.8, 4) is 0 Å². The fourth-order valence-electron chi connectivity index (χ4n) is 3.04. The number of hydrogen-bond acceptors (Lipinski definition) is 2. The van der Waals surface area contributed by atoms with Crippen molar-refractivity contribution in [1.29, 1.82) is 0 Å². The van der Waals surface area contributed by atoms with Gasteiger partial charge in [-0.05, 0) is 25.2 Å². The minimum absolute atomic E-state index is 0.0145. The molecule has 0 aliphatic heterocycles. The van der Waals surface area contributed by atoms with Crippen molar-refractivity contribution in [2.45, 2.75) is 72.6 Å². The molecule has 18 heavy (non-hydrogen) atoms. The monoisotopic (exact) mass is 252 g/mol. The molecule has 0 spiro atoms. The van der Waals surface area contributed by atoms with Crippen LogP contribution >= 0.6 is 0 Å². The quantitative estimate of drug-likeness (QED) is 0.739. The van der Waals surface area contributed by atoms with E-state index in [1.165, 1.54) is 12.8 Å². The van der Waals surface area contributed by atoms with Crippen LogP contribution in [-0.4, -0.2) is 11.6 Å². The zero-order chi connectivity index (χ0) is 13.8. The average Bonchev–Trinajstić information content (AvgIpc) is 2.81. The van der Waals surface area contributed by atoms with Gasteiger partial charge in [0.15, 0.2) is 0 Å². The van der Waals surface area contributed by atoms with E-state index < -0.39 is 0 Å². The van der Waals surface area contributed by atoms with Crippen molar-refractivity contribution in [2.75, 3.05) is 0 Å². The first-order valence-corrected chi connectivity index (χ1v) is 7.43. The highest BCUT2D eigenvalue weighted by Gasteiger charge is 2.37.